The molecule has 0 atom stereocenters. The molecule has 94 valence electrons. The van der Waals surface area contributed by atoms with Crippen molar-refractivity contribution < 1.29 is 14.6 Å². The van der Waals surface area contributed by atoms with Crippen LogP contribution in [-0.2, 0) is 11.3 Å². The minimum atomic E-state index is -1.02. The minimum Gasteiger partial charge on any atom is -0.476 e. The maximum Gasteiger partial charge on any atom is 0.355 e. The fourth-order valence-electron chi connectivity index (χ4n) is 1.47. The average Bonchev–Trinajstić information content (AvgIpc) is 2.81. The first-order valence-electron chi connectivity index (χ1n) is 5.23. The fourth-order valence-corrected chi connectivity index (χ4v) is 2.16. The molecule has 6 heteroatoms. The Kier molecular flexibility index (Phi) is 3.91. The maximum absolute atomic E-state index is 10.7. The number of hydrogen-bond donors (Lipinski definition) is 2. The first-order valence-corrected chi connectivity index (χ1v) is 6.11. The summed E-state index contributed by atoms with van der Waals surface area (Å²) in [7, 11) is 1.63. The number of carboxylic acids is 1. The Bertz CT molecular complexity index is 554. The SMILES string of the molecule is COCc1ccccc1Nc1nc(C(=O)O)cs1. The number of benzene rings is 1. The van der Waals surface area contributed by atoms with Crippen LogP contribution in [0, 0.1) is 0 Å². The molecule has 0 bridgehead atoms. The quantitative estimate of drug-likeness (QED) is 0.868. The van der Waals surface area contributed by atoms with E-state index in [1.165, 1.54) is 16.7 Å². The predicted octanol–water partition coefficient (Wildman–Crippen LogP) is 2.73. The lowest BCUT2D eigenvalue weighted by Gasteiger charge is -2.08. The van der Waals surface area contributed by atoms with Crippen molar-refractivity contribution in [3.8, 4) is 0 Å². The van der Waals surface area contributed by atoms with E-state index in [0.29, 0.717) is 11.7 Å². The van der Waals surface area contributed by atoms with E-state index in [0.717, 1.165) is 11.3 Å². The number of para-hydroxylation sites is 1. The number of nitrogens with zero attached hydrogens (tertiary/aromatic N) is 1. The summed E-state index contributed by atoms with van der Waals surface area (Å²) in [4.78, 5) is 14.7. The number of aromatic carboxylic acids is 1. The summed E-state index contributed by atoms with van der Waals surface area (Å²) >= 11 is 1.26. The highest BCUT2D eigenvalue weighted by Crippen LogP contribution is 2.24. The van der Waals surface area contributed by atoms with Gasteiger partial charge >= 0.3 is 5.97 Å². The van der Waals surface area contributed by atoms with E-state index in [-0.39, 0.29) is 5.69 Å². The molecule has 0 aliphatic rings. The van der Waals surface area contributed by atoms with Crippen molar-refractivity contribution in [3.63, 3.8) is 0 Å². The molecular weight excluding hydrogens is 252 g/mol. The van der Waals surface area contributed by atoms with Gasteiger partial charge in [-0.2, -0.15) is 0 Å². The van der Waals surface area contributed by atoms with Gasteiger partial charge in [0.25, 0.3) is 0 Å². The Morgan fingerprint density at radius 3 is 2.94 bits per heavy atom. The van der Waals surface area contributed by atoms with E-state index in [4.69, 9.17) is 9.84 Å². The lowest BCUT2D eigenvalue weighted by molar-refractivity contribution is 0.0691. The summed E-state index contributed by atoms with van der Waals surface area (Å²) in [5, 5.41) is 14.0. The van der Waals surface area contributed by atoms with Gasteiger partial charge in [0.1, 0.15) is 0 Å². The lowest BCUT2D eigenvalue weighted by atomic mass is 10.2. The topological polar surface area (TPSA) is 71.5 Å². The van der Waals surface area contributed by atoms with Crippen molar-refractivity contribution in [2.24, 2.45) is 0 Å². The van der Waals surface area contributed by atoms with Crippen molar-refractivity contribution in [1.29, 1.82) is 0 Å². The van der Waals surface area contributed by atoms with Gasteiger partial charge in [0.05, 0.1) is 6.61 Å². The van der Waals surface area contributed by atoms with Crippen LogP contribution in [0.5, 0.6) is 0 Å². The van der Waals surface area contributed by atoms with E-state index in [2.05, 4.69) is 10.3 Å². The summed E-state index contributed by atoms with van der Waals surface area (Å²) in [5.74, 6) is -1.02. The number of hydrogen-bond acceptors (Lipinski definition) is 5. The van der Waals surface area contributed by atoms with Crippen molar-refractivity contribution >= 4 is 28.1 Å². The van der Waals surface area contributed by atoms with Crippen LogP contribution in [0.2, 0.25) is 0 Å². The molecule has 2 aromatic rings. The fraction of sp³-hybridized carbons (Fsp3) is 0.167. The van der Waals surface area contributed by atoms with Gasteiger partial charge in [0, 0.05) is 23.7 Å². The number of nitrogens with one attached hydrogen (secondary N) is 1. The van der Waals surface area contributed by atoms with Gasteiger partial charge in [-0.15, -0.1) is 11.3 Å². The van der Waals surface area contributed by atoms with E-state index in [1.54, 1.807) is 7.11 Å². The summed E-state index contributed by atoms with van der Waals surface area (Å²) in [6.45, 7) is 0.486. The number of carboxylic acid groups (broad SMARTS) is 1. The van der Waals surface area contributed by atoms with Crippen LogP contribution in [0.1, 0.15) is 16.1 Å². The number of methoxy groups -OCH3 is 1. The molecule has 5 nitrogen and oxygen atoms in total. The molecule has 0 aliphatic heterocycles. The Hall–Kier alpha value is -1.92. The number of carbonyl (C=O) groups is 1. The summed E-state index contributed by atoms with van der Waals surface area (Å²) < 4.78 is 5.10. The third-order valence-corrected chi connectivity index (χ3v) is 3.04. The van der Waals surface area contributed by atoms with E-state index < -0.39 is 5.97 Å². The molecule has 0 unspecified atom stereocenters. The van der Waals surface area contributed by atoms with E-state index >= 15 is 0 Å². The van der Waals surface area contributed by atoms with Crippen LogP contribution in [0.4, 0.5) is 10.8 Å². The first kappa shape index (κ1) is 12.5. The second-order valence-electron chi connectivity index (χ2n) is 3.56. The monoisotopic (exact) mass is 264 g/mol. The number of thiazole rings is 1. The molecule has 2 rings (SSSR count). The molecule has 0 spiro atoms. The first-order chi connectivity index (χ1) is 8.70. The Labute approximate surface area is 108 Å². The average molecular weight is 264 g/mol. The Morgan fingerprint density at radius 1 is 1.50 bits per heavy atom. The van der Waals surface area contributed by atoms with E-state index in [9.17, 15) is 4.79 Å². The second-order valence-corrected chi connectivity index (χ2v) is 4.42. The zero-order chi connectivity index (χ0) is 13.0. The number of ether oxygens (including phenoxy) is 1. The Balaban J connectivity index is 2.19. The molecule has 1 heterocycles. The van der Waals surface area contributed by atoms with Gasteiger partial charge in [-0.05, 0) is 6.07 Å². The lowest BCUT2D eigenvalue weighted by Crippen LogP contribution is -1.99. The molecule has 1 aromatic heterocycles. The van der Waals surface area contributed by atoms with Crippen LogP contribution >= 0.6 is 11.3 Å². The van der Waals surface area contributed by atoms with Crippen molar-refractivity contribution in [3.05, 3.63) is 40.9 Å². The minimum absolute atomic E-state index is 0.0479. The Morgan fingerprint density at radius 2 is 2.28 bits per heavy atom. The summed E-state index contributed by atoms with van der Waals surface area (Å²) in [6.07, 6.45) is 0. The normalized spacial score (nSPS) is 10.3. The number of rotatable bonds is 5. The molecule has 1 aromatic carbocycles. The van der Waals surface area contributed by atoms with E-state index in [1.807, 2.05) is 24.3 Å². The van der Waals surface area contributed by atoms with Crippen molar-refractivity contribution in [1.82, 2.24) is 4.98 Å². The molecular formula is C12H12N2O3S. The smallest absolute Gasteiger partial charge is 0.355 e. The van der Waals surface area contributed by atoms with Crippen LogP contribution in [0.3, 0.4) is 0 Å². The molecule has 0 aliphatic carbocycles. The molecule has 0 amide bonds. The molecule has 2 N–H and O–H groups in total. The third-order valence-electron chi connectivity index (χ3n) is 2.28. The van der Waals surface area contributed by atoms with Gasteiger partial charge in [0.2, 0.25) is 0 Å². The van der Waals surface area contributed by atoms with Crippen LogP contribution in [0.25, 0.3) is 0 Å². The van der Waals surface area contributed by atoms with Gasteiger partial charge in [-0.1, -0.05) is 18.2 Å². The predicted molar refractivity (Wildman–Crippen MR) is 69.5 cm³/mol. The van der Waals surface area contributed by atoms with Gasteiger partial charge in [0.15, 0.2) is 10.8 Å². The summed E-state index contributed by atoms with van der Waals surface area (Å²) in [5.41, 5.74) is 1.91. The molecule has 0 saturated carbocycles. The highest BCUT2D eigenvalue weighted by atomic mass is 32.1. The molecule has 0 radical (unpaired) electrons. The summed E-state index contributed by atoms with van der Waals surface area (Å²) in [6, 6.07) is 7.66. The van der Waals surface area contributed by atoms with Gasteiger partial charge in [-0.25, -0.2) is 9.78 Å². The standard InChI is InChI=1S/C12H12N2O3S/c1-17-6-8-4-2-3-5-9(8)13-12-14-10(7-18-12)11(15)16/h2-5,7H,6H2,1H3,(H,13,14)(H,15,16). The molecule has 18 heavy (non-hydrogen) atoms. The largest absolute Gasteiger partial charge is 0.476 e. The van der Waals surface area contributed by atoms with Crippen molar-refractivity contribution in [2.45, 2.75) is 6.61 Å². The van der Waals surface area contributed by atoms with Crippen molar-refractivity contribution in [2.75, 3.05) is 12.4 Å². The molecule has 0 saturated heterocycles. The molecule has 0 fully saturated rings. The van der Waals surface area contributed by atoms with Crippen LogP contribution in [-0.4, -0.2) is 23.2 Å². The third kappa shape index (κ3) is 2.85. The van der Waals surface area contributed by atoms with Crippen LogP contribution < -0.4 is 5.32 Å². The maximum atomic E-state index is 10.7. The highest BCUT2D eigenvalue weighted by Gasteiger charge is 2.09. The zero-order valence-corrected chi connectivity index (χ0v) is 10.5. The van der Waals surface area contributed by atoms with Crippen LogP contribution in [0.15, 0.2) is 29.6 Å². The number of aromatic nitrogens is 1. The highest BCUT2D eigenvalue weighted by molar-refractivity contribution is 7.14. The second kappa shape index (κ2) is 5.61. The van der Waals surface area contributed by atoms with Gasteiger partial charge in [-0.3, -0.25) is 0 Å². The zero-order valence-electron chi connectivity index (χ0n) is 9.71. The number of anilines is 2. The van der Waals surface area contributed by atoms with Gasteiger partial charge < -0.3 is 15.2 Å².